The van der Waals surface area contributed by atoms with Crippen LogP contribution in [0.1, 0.15) is 45.2 Å². The zero-order chi connectivity index (χ0) is 27.8. The van der Waals surface area contributed by atoms with Gasteiger partial charge in [-0.25, -0.2) is 4.68 Å². The number of H-pyrrole nitrogens is 1. The average Bonchev–Trinajstić information content (AvgIpc) is 3.40. The molecule has 3 heterocycles. The number of benzene rings is 3. The molecule has 0 radical (unpaired) electrons. The van der Waals surface area contributed by atoms with Crippen molar-refractivity contribution in [2.75, 3.05) is 31.1 Å². The number of hydrogen-bond donors (Lipinski definition) is 1. The van der Waals surface area contributed by atoms with E-state index in [1.165, 1.54) is 22.4 Å². The van der Waals surface area contributed by atoms with Gasteiger partial charge in [-0.05, 0) is 95.6 Å². The Labute approximate surface area is 234 Å². The van der Waals surface area contributed by atoms with Crippen molar-refractivity contribution in [2.24, 2.45) is 0 Å². The van der Waals surface area contributed by atoms with E-state index in [1.54, 1.807) is 0 Å². The van der Waals surface area contributed by atoms with Gasteiger partial charge in [-0.2, -0.15) is 0 Å². The van der Waals surface area contributed by atoms with Crippen molar-refractivity contribution in [3.05, 3.63) is 116 Å². The van der Waals surface area contributed by atoms with Crippen LogP contribution in [0, 0.1) is 27.7 Å². The summed E-state index contributed by atoms with van der Waals surface area (Å²) in [6.07, 6.45) is 0. The van der Waals surface area contributed by atoms with Gasteiger partial charge in [0.25, 0.3) is 5.56 Å². The first-order valence-electron chi connectivity index (χ1n) is 13.9. The molecule has 2 aromatic heterocycles. The van der Waals surface area contributed by atoms with Crippen molar-refractivity contribution >= 4 is 16.6 Å². The lowest BCUT2D eigenvalue weighted by Crippen LogP contribution is -2.49. The largest absolute Gasteiger partial charge is 0.369 e. The molecule has 0 spiro atoms. The monoisotopic (exact) mass is 533 g/mol. The number of nitrogens with zero attached hydrogens (tertiary/aromatic N) is 6. The van der Waals surface area contributed by atoms with Crippen molar-refractivity contribution in [1.82, 2.24) is 30.1 Å². The summed E-state index contributed by atoms with van der Waals surface area (Å²) in [6.45, 7) is 12.3. The second-order valence-corrected chi connectivity index (χ2v) is 11.0. The highest BCUT2D eigenvalue weighted by Crippen LogP contribution is 2.30. The normalized spacial score (nSPS) is 15.1. The van der Waals surface area contributed by atoms with E-state index in [0.29, 0.717) is 17.9 Å². The summed E-state index contributed by atoms with van der Waals surface area (Å²) >= 11 is 0. The molecule has 5 aromatic rings. The van der Waals surface area contributed by atoms with E-state index in [-0.39, 0.29) is 11.6 Å². The fourth-order valence-corrected chi connectivity index (χ4v) is 5.75. The van der Waals surface area contributed by atoms with E-state index in [9.17, 15) is 4.79 Å². The Morgan fingerprint density at radius 1 is 0.850 bits per heavy atom. The molecule has 0 aliphatic carbocycles. The van der Waals surface area contributed by atoms with Crippen LogP contribution in [0.4, 0.5) is 5.69 Å². The standard InChI is InChI=1S/C32H35N7O/c1-21-10-11-22(2)29(16-21)37-12-14-38(15-13-37)30(31-34-35-36-39(31)20-25-8-6-5-7-9-25)27-19-26-17-23(3)24(4)18-28(26)33-32(27)40/h5-11,16-19,30H,12-15,20H2,1-4H3,(H,33,40)/t30-/m0/s1. The highest BCUT2D eigenvalue weighted by atomic mass is 16.1. The summed E-state index contributed by atoms with van der Waals surface area (Å²) in [5.41, 5.74) is 8.67. The number of fused-ring (bicyclic) bond motifs is 1. The number of tetrazole rings is 1. The molecule has 0 saturated carbocycles. The fraction of sp³-hybridized carbons (Fsp3) is 0.312. The molecule has 8 nitrogen and oxygen atoms in total. The smallest absolute Gasteiger partial charge is 0.253 e. The highest BCUT2D eigenvalue weighted by molar-refractivity contribution is 5.81. The minimum atomic E-state index is -0.380. The Balaban J connectivity index is 1.40. The van der Waals surface area contributed by atoms with E-state index < -0.39 is 0 Å². The zero-order valence-electron chi connectivity index (χ0n) is 23.6. The number of aromatic amines is 1. The number of nitrogens with one attached hydrogen (secondary N) is 1. The Bertz CT molecular complexity index is 1720. The van der Waals surface area contributed by atoms with E-state index in [0.717, 1.165) is 48.2 Å². The van der Waals surface area contributed by atoms with Crippen LogP contribution < -0.4 is 10.5 Å². The molecule has 204 valence electrons. The van der Waals surface area contributed by atoms with Crippen molar-refractivity contribution < 1.29 is 0 Å². The molecule has 0 unspecified atom stereocenters. The number of aromatic nitrogens is 5. The fourth-order valence-electron chi connectivity index (χ4n) is 5.75. The van der Waals surface area contributed by atoms with E-state index >= 15 is 0 Å². The van der Waals surface area contributed by atoms with Gasteiger partial charge in [0, 0.05) is 42.9 Å². The van der Waals surface area contributed by atoms with Crippen LogP contribution in [0.5, 0.6) is 0 Å². The van der Waals surface area contributed by atoms with Crippen LogP contribution in [-0.4, -0.2) is 56.3 Å². The van der Waals surface area contributed by atoms with Crippen LogP contribution in [0.3, 0.4) is 0 Å². The topological polar surface area (TPSA) is 82.9 Å². The van der Waals surface area contributed by atoms with Crippen molar-refractivity contribution in [1.29, 1.82) is 0 Å². The zero-order valence-corrected chi connectivity index (χ0v) is 23.6. The minimum Gasteiger partial charge on any atom is -0.369 e. The summed E-state index contributed by atoms with van der Waals surface area (Å²) in [6, 6.07) is 22.6. The van der Waals surface area contributed by atoms with Crippen molar-refractivity contribution in [3.8, 4) is 0 Å². The SMILES string of the molecule is Cc1ccc(C)c(N2CCN([C@@H](c3cc4cc(C)c(C)cc4[nH]c3=O)c3nnnn3Cc3ccccc3)CC2)c1. The van der Waals surface area contributed by atoms with E-state index in [1.807, 2.05) is 35.0 Å². The number of hydrogen-bond acceptors (Lipinski definition) is 6. The Morgan fingerprint density at radius 2 is 1.60 bits per heavy atom. The third kappa shape index (κ3) is 5.02. The first-order chi connectivity index (χ1) is 19.4. The maximum Gasteiger partial charge on any atom is 0.253 e. The molecule has 1 N–H and O–H groups in total. The maximum atomic E-state index is 13.7. The lowest BCUT2D eigenvalue weighted by Gasteiger charge is -2.40. The van der Waals surface area contributed by atoms with Gasteiger partial charge in [-0.3, -0.25) is 9.69 Å². The molecule has 0 amide bonds. The second kappa shape index (κ2) is 10.7. The highest BCUT2D eigenvalue weighted by Gasteiger charge is 2.33. The number of piperazine rings is 1. The number of anilines is 1. The minimum absolute atomic E-state index is 0.105. The van der Waals surface area contributed by atoms with Gasteiger partial charge in [-0.1, -0.05) is 42.5 Å². The van der Waals surface area contributed by atoms with Gasteiger partial charge in [0.15, 0.2) is 5.82 Å². The van der Waals surface area contributed by atoms with Gasteiger partial charge in [0.1, 0.15) is 6.04 Å². The Morgan fingerprint density at radius 3 is 2.38 bits per heavy atom. The molecular weight excluding hydrogens is 498 g/mol. The van der Waals surface area contributed by atoms with Crippen LogP contribution in [0.15, 0.2) is 71.5 Å². The first kappa shape index (κ1) is 26.0. The van der Waals surface area contributed by atoms with Gasteiger partial charge in [-0.15, -0.1) is 5.10 Å². The molecule has 40 heavy (non-hydrogen) atoms. The molecule has 3 aromatic carbocycles. The van der Waals surface area contributed by atoms with Gasteiger partial charge >= 0.3 is 0 Å². The summed E-state index contributed by atoms with van der Waals surface area (Å²) in [7, 11) is 0. The van der Waals surface area contributed by atoms with Crippen LogP contribution in [-0.2, 0) is 6.54 Å². The molecule has 6 rings (SSSR count). The number of rotatable bonds is 6. The maximum absolute atomic E-state index is 13.7. The summed E-state index contributed by atoms with van der Waals surface area (Å²) < 4.78 is 1.83. The predicted molar refractivity (Wildman–Crippen MR) is 159 cm³/mol. The van der Waals surface area contributed by atoms with Gasteiger partial charge in [0.2, 0.25) is 0 Å². The lowest BCUT2D eigenvalue weighted by molar-refractivity contribution is 0.200. The van der Waals surface area contributed by atoms with Crippen LogP contribution >= 0.6 is 0 Å². The quantitative estimate of drug-likeness (QED) is 0.341. The summed E-state index contributed by atoms with van der Waals surface area (Å²) in [5, 5.41) is 14.0. The molecule has 0 bridgehead atoms. The van der Waals surface area contributed by atoms with Crippen molar-refractivity contribution in [3.63, 3.8) is 0 Å². The number of aryl methyl sites for hydroxylation is 4. The molecule has 1 aliphatic rings. The Kier molecular flexibility index (Phi) is 6.94. The van der Waals surface area contributed by atoms with Gasteiger partial charge < -0.3 is 9.88 Å². The average molecular weight is 534 g/mol. The summed E-state index contributed by atoms with van der Waals surface area (Å²) in [4.78, 5) is 21.6. The molecule has 8 heteroatoms. The molecular formula is C32H35N7O. The molecule has 1 aliphatic heterocycles. The summed E-state index contributed by atoms with van der Waals surface area (Å²) in [5.74, 6) is 0.678. The van der Waals surface area contributed by atoms with E-state index in [4.69, 9.17) is 0 Å². The Hall–Kier alpha value is -4.30. The molecule has 1 saturated heterocycles. The van der Waals surface area contributed by atoms with E-state index in [2.05, 4.69) is 94.4 Å². The van der Waals surface area contributed by atoms with Gasteiger partial charge in [0.05, 0.1) is 6.54 Å². The van der Waals surface area contributed by atoms with Crippen LogP contribution in [0.25, 0.3) is 10.9 Å². The second-order valence-electron chi connectivity index (χ2n) is 11.0. The first-order valence-corrected chi connectivity index (χ1v) is 13.9. The van der Waals surface area contributed by atoms with Crippen molar-refractivity contribution in [2.45, 2.75) is 40.3 Å². The lowest BCUT2D eigenvalue weighted by atomic mass is 10.00. The molecule has 1 atom stereocenters. The number of pyridine rings is 1. The third-order valence-electron chi connectivity index (χ3n) is 8.15. The van der Waals surface area contributed by atoms with Crippen LogP contribution in [0.2, 0.25) is 0 Å². The third-order valence-corrected chi connectivity index (χ3v) is 8.15. The molecule has 1 fully saturated rings. The predicted octanol–water partition coefficient (Wildman–Crippen LogP) is 4.71.